The van der Waals surface area contributed by atoms with Crippen LogP contribution in [0.4, 0.5) is 11.4 Å². The van der Waals surface area contributed by atoms with E-state index in [0.29, 0.717) is 5.02 Å². The third-order valence-corrected chi connectivity index (χ3v) is 3.84. The molecule has 2 aromatic rings. The largest absolute Gasteiger partial charge is 0.369 e. The summed E-state index contributed by atoms with van der Waals surface area (Å²) in [4.78, 5) is 12.0. The molecule has 2 N–H and O–H groups in total. The van der Waals surface area contributed by atoms with Crippen LogP contribution in [0, 0.1) is 0 Å². The van der Waals surface area contributed by atoms with Crippen LogP contribution < -0.4 is 10.6 Å². The number of fused-ring (bicyclic) bond motifs is 1. The minimum Gasteiger partial charge on any atom is -0.369 e. The molecule has 2 aromatic carbocycles. The molecule has 0 spiro atoms. The maximum absolute atomic E-state index is 12.0. The van der Waals surface area contributed by atoms with Gasteiger partial charge in [0.25, 0.3) is 5.91 Å². The fraction of sp³-hybridized carbons (Fsp3) is 0.0714. The van der Waals surface area contributed by atoms with Gasteiger partial charge in [0.15, 0.2) is 0 Å². The lowest BCUT2D eigenvalue weighted by atomic mass is 10.1. The fourth-order valence-corrected chi connectivity index (χ4v) is 2.68. The van der Waals surface area contributed by atoms with Crippen molar-refractivity contribution in [1.82, 2.24) is 0 Å². The molecule has 0 bridgehead atoms. The molecule has 1 amide bonds. The van der Waals surface area contributed by atoms with Crippen molar-refractivity contribution in [2.24, 2.45) is 0 Å². The molecule has 0 aromatic heterocycles. The van der Waals surface area contributed by atoms with Gasteiger partial charge in [-0.05, 0) is 30.3 Å². The molecule has 1 unspecified atom stereocenters. The topological polar surface area (TPSA) is 41.1 Å². The Hall–Kier alpha value is -1.52. The second kappa shape index (κ2) is 4.87. The third kappa shape index (κ3) is 2.33. The zero-order valence-electron chi connectivity index (χ0n) is 9.78. The first-order valence-electron chi connectivity index (χ1n) is 5.76. The average molecular weight is 338 g/mol. The maximum Gasteiger partial charge on any atom is 0.251 e. The Bertz CT molecular complexity index is 660. The molecule has 96 valence electrons. The van der Waals surface area contributed by atoms with Gasteiger partial charge in [-0.2, -0.15) is 0 Å². The summed E-state index contributed by atoms with van der Waals surface area (Å²) >= 11 is 9.52. The second-order valence-corrected chi connectivity index (χ2v) is 5.60. The molecule has 0 saturated heterocycles. The quantitative estimate of drug-likeness (QED) is 0.862. The fourth-order valence-electron chi connectivity index (χ4n) is 2.11. The first-order chi connectivity index (χ1) is 9.15. The molecule has 0 radical (unpaired) electrons. The third-order valence-electron chi connectivity index (χ3n) is 3.02. The number of carbonyl (C=O) groups is 1. The highest BCUT2D eigenvalue weighted by atomic mass is 79.9. The Labute approximate surface area is 124 Å². The normalized spacial score (nSPS) is 16.9. The van der Waals surface area contributed by atoms with Crippen molar-refractivity contribution in [2.45, 2.75) is 6.04 Å². The number of anilines is 2. The van der Waals surface area contributed by atoms with Crippen molar-refractivity contribution in [1.29, 1.82) is 0 Å². The van der Waals surface area contributed by atoms with Crippen LogP contribution in [0.1, 0.15) is 11.6 Å². The van der Waals surface area contributed by atoms with Crippen LogP contribution in [0.3, 0.4) is 0 Å². The van der Waals surface area contributed by atoms with Gasteiger partial charge < -0.3 is 10.6 Å². The molecule has 19 heavy (non-hydrogen) atoms. The van der Waals surface area contributed by atoms with E-state index in [2.05, 4.69) is 26.6 Å². The van der Waals surface area contributed by atoms with Gasteiger partial charge in [0.2, 0.25) is 0 Å². The molecule has 0 fully saturated rings. The number of hydrogen-bond acceptors (Lipinski definition) is 2. The zero-order valence-corrected chi connectivity index (χ0v) is 12.1. The molecule has 3 nitrogen and oxygen atoms in total. The van der Waals surface area contributed by atoms with Crippen LogP contribution in [0.5, 0.6) is 0 Å². The van der Waals surface area contributed by atoms with E-state index in [1.54, 1.807) is 6.07 Å². The summed E-state index contributed by atoms with van der Waals surface area (Å²) in [5.74, 6) is -0.0759. The van der Waals surface area contributed by atoms with Crippen molar-refractivity contribution in [3.63, 3.8) is 0 Å². The summed E-state index contributed by atoms with van der Waals surface area (Å²) in [7, 11) is 0. The van der Waals surface area contributed by atoms with E-state index >= 15 is 0 Å². The Morgan fingerprint density at radius 3 is 2.79 bits per heavy atom. The van der Waals surface area contributed by atoms with Gasteiger partial charge in [-0.3, -0.25) is 4.79 Å². The van der Waals surface area contributed by atoms with Crippen LogP contribution in [0.25, 0.3) is 0 Å². The van der Waals surface area contributed by atoms with E-state index in [0.717, 1.165) is 21.4 Å². The minimum atomic E-state index is -0.424. The lowest BCUT2D eigenvalue weighted by molar-refractivity contribution is -0.116. The molecule has 0 saturated carbocycles. The van der Waals surface area contributed by atoms with Gasteiger partial charge in [-0.15, -0.1) is 0 Å². The van der Waals surface area contributed by atoms with Gasteiger partial charge >= 0.3 is 0 Å². The number of carbonyl (C=O) groups excluding carboxylic acids is 1. The van der Waals surface area contributed by atoms with E-state index in [1.165, 1.54) is 0 Å². The SMILES string of the molecule is O=C1Nc2ccc(Br)cc2C1Nc1ccccc1Cl. The van der Waals surface area contributed by atoms with Gasteiger partial charge in [0.1, 0.15) is 6.04 Å². The smallest absolute Gasteiger partial charge is 0.251 e. The van der Waals surface area contributed by atoms with Crippen LogP contribution >= 0.6 is 27.5 Å². The van der Waals surface area contributed by atoms with E-state index in [9.17, 15) is 4.79 Å². The Kier molecular flexibility index (Phi) is 3.21. The van der Waals surface area contributed by atoms with E-state index in [1.807, 2.05) is 36.4 Å². The number of hydrogen-bond donors (Lipinski definition) is 2. The first kappa shape index (κ1) is 12.5. The van der Waals surface area contributed by atoms with Crippen LogP contribution in [-0.2, 0) is 4.79 Å². The monoisotopic (exact) mass is 336 g/mol. The van der Waals surface area contributed by atoms with Crippen LogP contribution in [0.15, 0.2) is 46.9 Å². The molecule has 5 heteroatoms. The Morgan fingerprint density at radius 1 is 1.21 bits per heavy atom. The summed E-state index contributed by atoms with van der Waals surface area (Å²) in [6.07, 6.45) is 0. The highest BCUT2D eigenvalue weighted by Crippen LogP contribution is 2.36. The van der Waals surface area contributed by atoms with Gasteiger partial charge in [0, 0.05) is 15.7 Å². The molecule has 0 aliphatic carbocycles. The minimum absolute atomic E-state index is 0.0759. The van der Waals surface area contributed by atoms with Crippen LogP contribution in [-0.4, -0.2) is 5.91 Å². The Morgan fingerprint density at radius 2 is 2.00 bits per heavy atom. The zero-order chi connectivity index (χ0) is 13.4. The number of benzene rings is 2. The highest BCUT2D eigenvalue weighted by molar-refractivity contribution is 9.10. The second-order valence-electron chi connectivity index (χ2n) is 4.28. The van der Waals surface area contributed by atoms with E-state index in [-0.39, 0.29) is 5.91 Å². The maximum atomic E-state index is 12.0. The standard InChI is InChI=1S/C14H10BrClN2O/c15-8-5-6-11-9(7-8)13(14(19)18-11)17-12-4-2-1-3-10(12)16/h1-7,13,17H,(H,18,19). The lowest BCUT2D eigenvalue weighted by Gasteiger charge is -2.14. The van der Waals surface area contributed by atoms with Crippen molar-refractivity contribution < 1.29 is 4.79 Å². The number of rotatable bonds is 2. The molecule has 1 aliphatic rings. The summed E-state index contributed by atoms with van der Waals surface area (Å²) in [5.41, 5.74) is 2.49. The van der Waals surface area contributed by atoms with Crippen LogP contribution in [0.2, 0.25) is 5.02 Å². The van der Waals surface area contributed by atoms with Crippen molar-refractivity contribution in [3.05, 3.63) is 57.5 Å². The highest BCUT2D eigenvalue weighted by Gasteiger charge is 2.30. The molecule has 1 aliphatic heterocycles. The number of halogens is 2. The molecule has 3 rings (SSSR count). The predicted octanol–water partition coefficient (Wildman–Crippen LogP) is 4.21. The summed E-state index contributed by atoms with van der Waals surface area (Å²) in [5, 5.41) is 6.62. The Balaban J connectivity index is 1.97. The average Bonchev–Trinajstić information content (AvgIpc) is 2.69. The number of nitrogens with one attached hydrogen (secondary N) is 2. The first-order valence-corrected chi connectivity index (χ1v) is 6.93. The van der Waals surface area contributed by atoms with Gasteiger partial charge in [0.05, 0.1) is 10.7 Å². The summed E-state index contributed by atoms with van der Waals surface area (Å²) < 4.78 is 0.939. The van der Waals surface area contributed by atoms with Crippen molar-refractivity contribution in [2.75, 3.05) is 10.6 Å². The molecular weight excluding hydrogens is 328 g/mol. The van der Waals surface area contributed by atoms with Gasteiger partial charge in [-0.25, -0.2) is 0 Å². The predicted molar refractivity (Wildman–Crippen MR) is 80.6 cm³/mol. The molecule has 1 heterocycles. The number of amides is 1. The molecule has 1 atom stereocenters. The van der Waals surface area contributed by atoms with Crippen molar-refractivity contribution >= 4 is 44.8 Å². The van der Waals surface area contributed by atoms with E-state index in [4.69, 9.17) is 11.6 Å². The van der Waals surface area contributed by atoms with E-state index < -0.39 is 6.04 Å². The van der Waals surface area contributed by atoms with Crippen molar-refractivity contribution in [3.8, 4) is 0 Å². The number of para-hydroxylation sites is 1. The summed E-state index contributed by atoms with van der Waals surface area (Å²) in [6, 6.07) is 12.7. The lowest BCUT2D eigenvalue weighted by Crippen LogP contribution is -2.19. The van der Waals surface area contributed by atoms with Gasteiger partial charge in [-0.1, -0.05) is 39.7 Å². The summed E-state index contributed by atoms with van der Waals surface area (Å²) in [6.45, 7) is 0. The molecular formula is C14H10BrClN2O.